The Labute approximate surface area is 127 Å². The fourth-order valence-corrected chi connectivity index (χ4v) is 3.37. The summed E-state index contributed by atoms with van der Waals surface area (Å²) in [7, 11) is 0. The van der Waals surface area contributed by atoms with Gasteiger partial charge in [-0.15, -0.1) is 0 Å². The maximum absolute atomic E-state index is 12.6. The van der Waals surface area contributed by atoms with Gasteiger partial charge in [-0.1, -0.05) is 20.8 Å². The zero-order valence-corrected chi connectivity index (χ0v) is 13.5. The molecule has 0 atom stereocenters. The zero-order valence-electron chi connectivity index (χ0n) is 13.5. The van der Waals surface area contributed by atoms with Crippen molar-refractivity contribution in [2.24, 2.45) is 5.41 Å². The van der Waals surface area contributed by atoms with Gasteiger partial charge in [0.25, 0.3) is 0 Å². The SMILES string of the molecule is CC(C)(C)C(=O)N1CCCc2cc(N3CCCC3)ccc21. The van der Waals surface area contributed by atoms with Gasteiger partial charge in [0.1, 0.15) is 0 Å². The van der Waals surface area contributed by atoms with Gasteiger partial charge in [-0.3, -0.25) is 4.79 Å². The molecule has 3 rings (SSSR count). The van der Waals surface area contributed by atoms with E-state index in [1.165, 1.54) is 37.2 Å². The van der Waals surface area contributed by atoms with E-state index in [0.717, 1.165) is 25.1 Å². The fraction of sp³-hybridized carbons (Fsp3) is 0.611. The van der Waals surface area contributed by atoms with E-state index in [-0.39, 0.29) is 11.3 Å². The van der Waals surface area contributed by atoms with Crippen molar-refractivity contribution in [2.45, 2.75) is 46.5 Å². The minimum absolute atomic E-state index is 0.234. The summed E-state index contributed by atoms with van der Waals surface area (Å²) in [6.07, 6.45) is 4.75. The molecule has 1 amide bonds. The van der Waals surface area contributed by atoms with E-state index in [0.29, 0.717) is 0 Å². The number of hydrogen-bond acceptors (Lipinski definition) is 2. The van der Waals surface area contributed by atoms with Gasteiger partial charge >= 0.3 is 0 Å². The number of carbonyl (C=O) groups excluding carboxylic acids is 1. The highest BCUT2D eigenvalue weighted by atomic mass is 16.2. The summed E-state index contributed by atoms with van der Waals surface area (Å²) in [5, 5.41) is 0. The first kappa shape index (κ1) is 14.4. The number of anilines is 2. The highest BCUT2D eigenvalue weighted by Gasteiger charge is 2.31. The molecule has 0 bridgehead atoms. The topological polar surface area (TPSA) is 23.6 Å². The molecule has 0 radical (unpaired) electrons. The lowest BCUT2D eigenvalue weighted by Gasteiger charge is -2.34. The van der Waals surface area contributed by atoms with Crippen molar-refractivity contribution in [3.63, 3.8) is 0 Å². The van der Waals surface area contributed by atoms with Crippen molar-refractivity contribution >= 4 is 17.3 Å². The summed E-state index contributed by atoms with van der Waals surface area (Å²) in [4.78, 5) is 17.1. The van der Waals surface area contributed by atoms with Crippen LogP contribution in [0.2, 0.25) is 0 Å². The van der Waals surface area contributed by atoms with Crippen LogP contribution in [0.15, 0.2) is 18.2 Å². The van der Waals surface area contributed by atoms with Gasteiger partial charge in [-0.25, -0.2) is 0 Å². The summed E-state index contributed by atoms with van der Waals surface area (Å²) in [6, 6.07) is 6.66. The Hall–Kier alpha value is -1.51. The fourth-order valence-electron chi connectivity index (χ4n) is 3.37. The van der Waals surface area contributed by atoms with Gasteiger partial charge in [-0.2, -0.15) is 0 Å². The Morgan fingerprint density at radius 1 is 1.05 bits per heavy atom. The normalized spacial score (nSPS) is 18.8. The molecule has 3 nitrogen and oxygen atoms in total. The molecule has 1 aromatic carbocycles. The molecule has 1 saturated heterocycles. The van der Waals surface area contributed by atoms with Crippen LogP contribution < -0.4 is 9.80 Å². The molecule has 0 unspecified atom stereocenters. The number of carbonyl (C=O) groups is 1. The number of benzene rings is 1. The average Bonchev–Trinajstić information content (AvgIpc) is 2.98. The van der Waals surface area contributed by atoms with Gasteiger partial charge < -0.3 is 9.80 Å². The van der Waals surface area contributed by atoms with Crippen molar-refractivity contribution in [2.75, 3.05) is 29.4 Å². The molecule has 1 aromatic rings. The van der Waals surface area contributed by atoms with Crippen LogP contribution in [0.4, 0.5) is 11.4 Å². The number of fused-ring (bicyclic) bond motifs is 1. The summed E-state index contributed by atoms with van der Waals surface area (Å²) < 4.78 is 0. The summed E-state index contributed by atoms with van der Waals surface area (Å²) >= 11 is 0. The Morgan fingerprint density at radius 3 is 2.43 bits per heavy atom. The van der Waals surface area contributed by atoms with E-state index in [1.807, 2.05) is 25.7 Å². The third-order valence-corrected chi connectivity index (χ3v) is 4.54. The Morgan fingerprint density at radius 2 is 1.76 bits per heavy atom. The van der Waals surface area contributed by atoms with Crippen molar-refractivity contribution in [3.05, 3.63) is 23.8 Å². The number of nitrogens with zero attached hydrogens (tertiary/aromatic N) is 2. The van der Waals surface area contributed by atoms with Gasteiger partial charge in [0, 0.05) is 36.4 Å². The monoisotopic (exact) mass is 286 g/mol. The Balaban J connectivity index is 1.90. The second kappa shape index (κ2) is 5.36. The number of hydrogen-bond donors (Lipinski definition) is 0. The third-order valence-electron chi connectivity index (χ3n) is 4.54. The molecular weight excluding hydrogens is 260 g/mol. The maximum atomic E-state index is 12.6. The molecule has 1 fully saturated rings. The van der Waals surface area contributed by atoms with Crippen LogP contribution in [0.1, 0.15) is 45.6 Å². The minimum Gasteiger partial charge on any atom is -0.372 e. The molecule has 2 aliphatic heterocycles. The molecule has 2 heterocycles. The molecule has 0 N–H and O–H groups in total. The summed E-state index contributed by atoms with van der Waals surface area (Å²) in [5.74, 6) is 0.234. The van der Waals surface area contributed by atoms with Gasteiger partial charge in [0.2, 0.25) is 5.91 Å². The lowest BCUT2D eigenvalue weighted by Crippen LogP contribution is -2.42. The summed E-state index contributed by atoms with van der Waals surface area (Å²) in [5.41, 5.74) is 3.48. The third kappa shape index (κ3) is 2.78. The van der Waals surface area contributed by atoms with Gasteiger partial charge in [0.05, 0.1) is 0 Å². The summed E-state index contributed by atoms with van der Waals surface area (Å²) in [6.45, 7) is 9.20. The first-order valence-electron chi connectivity index (χ1n) is 8.17. The minimum atomic E-state index is -0.317. The van der Waals surface area contributed by atoms with Crippen LogP contribution in [0.3, 0.4) is 0 Å². The molecule has 21 heavy (non-hydrogen) atoms. The van der Waals surface area contributed by atoms with Crippen molar-refractivity contribution in [1.82, 2.24) is 0 Å². The lowest BCUT2D eigenvalue weighted by atomic mass is 9.92. The molecule has 3 heteroatoms. The van der Waals surface area contributed by atoms with E-state index >= 15 is 0 Å². The first-order valence-corrected chi connectivity index (χ1v) is 8.17. The van der Waals surface area contributed by atoms with Gasteiger partial charge in [0.15, 0.2) is 0 Å². The van der Waals surface area contributed by atoms with Crippen LogP contribution in [0.5, 0.6) is 0 Å². The second-order valence-electron chi connectivity index (χ2n) is 7.32. The number of rotatable bonds is 1. The average molecular weight is 286 g/mol. The predicted octanol–water partition coefficient (Wildman–Crippen LogP) is 3.61. The molecule has 0 aliphatic carbocycles. The molecule has 0 saturated carbocycles. The van der Waals surface area contributed by atoms with E-state index in [1.54, 1.807) is 0 Å². The Kier molecular flexibility index (Phi) is 3.68. The quantitative estimate of drug-likeness (QED) is 0.787. The van der Waals surface area contributed by atoms with Gasteiger partial charge in [-0.05, 0) is 49.4 Å². The van der Waals surface area contributed by atoms with Crippen molar-refractivity contribution < 1.29 is 4.79 Å². The lowest BCUT2D eigenvalue weighted by molar-refractivity contribution is -0.125. The molecular formula is C18H26N2O. The highest BCUT2D eigenvalue weighted by molar-refractivity contribution is 5.98. The van der Waals surface area contributed by atoms with Crippen LogP contribution in [0, 0.1) is 5.41 Å². The second-order valence-corrected chi connectivity index (χ2v) is 7.32. The molecule has 0 aromatic heterocycles. The Bertz CT molecular complexity index is 539. The first-order chi connectivity index (χ1) is 9.97. The van der Waals surface area contributed by atoms with Crippen molar-refractivity contribution in [1.29, 1.82) is 0 Å². The van der Waals surface area contributed by atoms with Crippen LogP contribution in [0.25, 0.3) is 0 Å². The van der Waals surface area contributed by atoms with E-state index in [4.69, 9.17) is 0 Å². The van der Waals surface area contributed by atoms with E-state index in [9.17, 15) is 4.79 Å². The predicted molar refractivity (Wildman–Crippen MR) is 88.0 cm³/mol. The van der Waals surface area contributed by atoms with Crippen LogP contribution in [-0.2, 0) is 11.2 Å². The standard InChI is InChI=1S/C18H26N2O/c1-18(2,3)17(21)20-12-6-7-14-13-15(8-9-16(14)20)19-10-4-5-11-19/h8-9,13H,4-7,10-12H2,1-3H3. The highest BCUT2D eigenvalue weighted by Crippen LogP contribution is 2.34. The molecule has 0 spiro atoms. The van der Waals surface area contributed by atoms with Crippen molar-refractivity contribution in [3.8, 4) is 0 Å². The number of aryl methyl sites for hydroxylation is 1. The largest absolute Gasteiger partial charge is 0.372 e. The zero-order chi connectivity index (χ0) is 15.0. The van der Waals surface area contributed by atoms with E-state index < -0.39 is 0 Å². The molecule has 114 valence electrons. The van der Waals surface area contributed by atoms with Crippen LogP contribution in [-0.4, -0.2) is 25.5 Å². The smallest absolute Gasteiger partial charge is 0.232 e. The molecule has 2 aliphatic rings. The maximum Gasteiger partial charge on any atom is 0.232 e. The van der Waals surface area contributed by atoms with Crippen LogP contribution >= 0.6 is 0 Å². The van der Waals surface area contributed by atoms with E-state index in [2.05, 4.69) is 23.1 Å². The number of amides is 1.